The van der Waals surface area contributed by atoms with Gasteiger partial charge in [-0.2, -0.15) is 0 Å². The van der Waals surface area contributed by atoms with E-state index < -0.39 is 41.0 Å². The number of furan rings is 1. The van der Waals surface area contributed by atoms with E-state index in [2.05, 4.69) is 0 Å². The van der Waals surface area contributed by atoms with Crippen LogP contribution >= 0.6 is 0 Å². The number of nitro groups is 1. The van der Waals surface area contributed by atoms with Gasteiger partial charge in [0.25, 0.3) is 0 Å². The lowest BCUT2D eigenvalue weighted by Crippen LogP contribution is -2.42. The minimum absolute atomic E-state index is 0.137. The lowest BCUT2D eigenvalue weighted by atomic mass is 9.71. The van der Waals surface area contributed by atoms with Crippen molar-refractivity contribution in [1.82, 2.24) is 0 Å². The van der Waals surface area contributed by atoms with Crippen molar-refractivity contribution in [2.45, 2.75) is 37.0 Å². The Labute approximate surface area is 106 Å². The van der Waals surface area contributed by atoms with E-state index in [1.807, 2.05) is 0 Å². The van der Waals surface area contributed by atoms with Crippen molar-refractivity contribution in [3.8, 4) is 0 Å². The maximum absolute atomic E-state index is 13.1. The molecule has 1 aromatic rings. The topological polar surface area (TPSA) is 93.6 Å². The van der Waals surface area contributed by atoms with Crippen LogP contribution in [0.2, 0.25) is 0 Å². The summed E-state index contributed by atoms with van der Waals surface area (Å²) < 4.78 is 31.1. The molecule has 0 saturated heterocycles. The first kappa shape index (κ1) is 13.4. The van der Waals surface area contributed by atoms with Crippen molar-refractivity contribution in [1.29, 1.82) is 0 Å². The third-order valence-corrected chi connectivity index (χ3v) is 3.49. The van der Waals surface area contributed by atoms with E-state index in [0.29, 0.717) is 0 Å². The first-order valence-electron chi connectivity index (χ1n) is 5.63. The van der Waals surface area contributed by atoms with Gasteiger partial charge in [-0.1, -0.05) is 0 Å². The number of aliphatic carboxylic acids is 1. The fraction of sp³-hybridized carbons (Fsp3) is 0.545. The molecular formula is C11H11F2NO5. The number of carboxylic acids is 1. The molecule has 1 heterocycles. The summed E-state index contributed by atoms with van der Waals surface area (Å²) in [5.74, 6) is -4.92. The molecule has 1 fully saturated rings. The largest absolute Gasteiger partial charge is 0.480 e. The van der Waals surface area contributed by atoms with Crippen molar-refractivity contribution < 1.29 is 28.0 Å². The molecule has 0 aliphatic heterocycles. The van der Waals surface area contributed by atoms with Crippen molar-refractivity contribution in [3.05, 3.63) is 28.0 Å². The highest BCUT2D eigenvalue weighted by molar-refractivity contribution is 5.80. The Balaban J connectivity index is 2.35. The molecule has 0 aromatic carbocycles. The zero-order valence-electron chi connectivity index (χ0n) is 9.77. The Kier molecular flexibility index (Phi) is 3.03. The quantitative estimate of drug-likeness (QED) is 0.676. The van der Waals surface area contributed by atoms with Gasteiger partial charge >= 0.3 is 11.9 Å². The number of nitrogens with zero attached hydrogens (tertiary/aromatic N) is 1. The van der Waals surface area contributed by atoms with Crippen molar-refractivity contribution in [2.75, 3.05) is 0 Å². The number of carbonyl (C=O) groups is 1. The highest BCUT2D eigenvalue weighted by Gasteiger charge is 2.51. The number of carboxylic acid groups (broad SMARTS) is 1. The van der Waals surface area contributed by atoms with Crippen LogP contribution in [0, 0.1) is 10.1 Å². The van der Waals surface area contributed by atoms with E-state index in [9.17, 15) is 28.8 Å². The maximum atomic E-state index is 13.1. The summed E-state index contributed by atoms with van der Waals surface area (Å²) in [5, 5.41) is 19.8. The lowest BCUT2D eigenvalue weighted by molar-refractivity contribution is -0.402. The van der Waals surface area contributed by atoms with Crippen molar-refractivity contribution in [3.63, 3.8) is 0 Å². The average molecular weight is 275 g/mol. The molecule has 1 saturated carbocycles. The second kappa shape index (κ2) is 4.29. The summed E-state index contributed by atoms with van der Waals surface area (Å²) in [7, 11) is 0. The smallest absolute Gasteiger partial charge is 0.433 e. The highest BCUT2D eigenvalue weighted by Crippen LogP contribution is 2.46. The van der Waals surface area contributed by atoms with Gasteiger partial charge in [0.15, 0.2) is 0 Å². The van der Waals surface area contributed by atoms with Crippen LogP contribution in [-0.4, -0.2) is 21.9 Å². The minimum Gasteiger partial charge on any atom is -0.480 e. The predicted molar refractivity (Wildman–Crippen MR) is 58.1 cm³/mol. The van der Waals surface area contributed by atoms with Crippen molar-refractivity contribution in [2.24, 2.45) is 0 Å². The van der Waals surface area contributed by atoms with Crippen LogP contribution in [0.5, 0.6) is 0 Å². The number of hydrogen-bond donors (Lipinski definition) is 1. The maximum Gasteiger partial charge on any atom is 0.433 e. The zero-order valence-corrected chi connectivity index (χ0v) is 9.77. The van der Waals surface area contributed by atoms with Gasteiger partial charge in [-0.15, -0.1) is 0 Å². The second-order valence-corrected chi connectivity index (χ2v) is 4.64. The molecule has 8 heteroatoms. The molecule has 2 rings (SSSR count). The van der Waals surface area contributed by atoms with Crippen LogP contribution in [0.3, 0.4) is 0 Å². The van der Waals surface area contributed by atoms with Crippen LogP contribution < -0.4 is 0 Å². The molecule has 1 N–H and O–H groups in total. The van der Waals surface area contributed by atoms with E-state index in [1.54, 1.807) is 0 Å². The molecule has 0 radical (unpaired) electrons. The fourth-order valence-corrected chi connectivity index (χ4v) is 2.29. The average Bonchev–Trinajstić information content (AvgIpc) is 2.79. The van der Waals surface area contributed by atoms with Gasteiger partial charge in [-0.25, -0.2) is 8.78 Å². The van der Waals surface area contributed by atoms with E-state index in [0.717, 1.165) is 6.07 Å². The molecule has 0 unspecified atom stereocenters. The molecular weight excluding hydrogens is 264 g/mol. The molecule has 0 amide bonds. The molecule has 1 aliphatic rings. The van der Waals surface area contributed by atoms with Gasteiger partial charge in [0, 0.05) is 12.8 Å². The van der Waals surface area contributed by atoms with Gasteiger partial charge in [0.2, 0.25) is 5.92 Å². The number of alkyl halides is 2. The van der Waals surface area contributed by atoms with Crippen LogP contribution in [0.15, 0.2) is 16.5 Å². The van der Waals surface area contributed by atoms with Gasteiger partial charge in [-0.3, -0.25) is 14.9 Å². The summed E-state index contributed by atoms with van der Waals surface area (Å²) in [6.07, 6.45) is -1.76. The van der Waals surface area contributed by atoms with Gasteiger partial charge in [0.05, 0.1) is 6.07 Å². The standard InChI is InChI=1S/C11H11F2NO5/c12-11(13)5-3-10(4-6-11,9(15)16)7-1-2-8(19-7)14(17)18/h1-2H,3-6H2,(H,15,16). The van der Waals surface area contributed by atoms with Crippen LogP contribution in [0.1, 0.15) is 31.4 Å². The molecule has 0 atom stereocenters. The Hall–Kier alpha value is -1.99. The Morgan fingerprint density at radius 2 is 1.89 bits per heavy atom. The normalized spacial score (nSPS) is 20.9. The van der Waals surface area contributed by atoms with Gasteiger partial charge in [0.1, 0.15) is 16.1 Å². The van der Waals surface area contributed by atoms with Crippen LogP contribution in [-0.2, 0) is 10.2 Å². The van der Waals surface area contributed by atoms with Gasteiger partial charge < -0.3 is 9.52 Å². The molecule has 1 aromatic heterocycles. The molecule has 0 spiro atoms. The molecule has 0 bridgehead atoms. The van der Waals surface area contributed by atoms with Crippen LogP contribution in [0.25, 0.3) is 0 Å². The Bertz CT molecular complexity index is 515. The summed E-state index contributed by atoms with van der Waals surface area (Å²) in [6.45, 7) is 0. The molecule has 104 valence electrons. The highest BCUT2D eigenvalue weighted by atomic mass is 19.3. The number of halogens is 2. The number of rotatable bonds is 3. The lowest BCUT2D eigenvalue weighted by Gasteiger charge is -2.34. The Morgan fingerprint density at radius 1 is 1.32 bits per heavy atom. The first-order valence-corrected chi connectivity index (χ1v) is 5.63. The van der Waals surface area contributed by atoms with Crippen molar-refractivity contribution >= 4 is 11.9 Å². The summed E-state index contributed by atoms with van der Waals surface area (Å²) in [4.78, 5) is 21.1. The Morgan fingerprint density at radius 3 is 2.32 bits per heavy atom. The fourth-order valence-electron chi connectivity index (χ4n) is 2.29. The first-order chi connectivity index (χ1) is 8.77. The zero-order chi connectivity index (χ0) is 14.3. The van der Waals surface area contributed by atoms with E-state index in [4.69, 9.17) is 4.42 Å². The molecule has 19 heavy (non-hydrogen) atoms. The summed E-state index contributed by atoms with van der Waals surface area (Å²) >= 11 is 0. The number of hydrogen-bond acceptors (Lipinski definition) is 4. The minimum atomic E-state index is -2.89. The monoisotopic (exact) mass is 275 g/mol. The predicted octanol–water partition coefficient (Wildman–Crippen LogP) is 2.72. The van der Waals surface area contributed by atoms with Crippen LogP contribution in [0.4, 0.5) is 14.7 Å². The summed E-state index contributed by atoms with van der Waals surface area (Å²) in [5.41, 5.74) is -1.60. The third-order valence-electron chi connectivity index (χ3n) is 3.49. The SMILES string of the molecule is O=C(O)C1(c2ccc([N+](=O)[O-])o2)CCC(F)(F)CC1. The van der Waals surface area contributed by atoms with E-state index in [1.165, 1.54) is 6.07 Å². The van der Waals surface area contributed by atoms with E-state index in [-0.39, 0.29) is 18.6 Å². The summed E-state index contributed by atoms with van der Waals surface area (Å²) in [6, 6.07) is 2.21. The van der Waals surface area contributed by atoms with E-state index >= 15 is 0 Å². The third kappa shape index (κ3) is 2.29. The molecule has 6 nitrogen and oxygen atoms in total. The van der Waals surface area contributed by atoms with Gasteiger partial charge in [-0.05, 0) is 18.9 Å². The second-order valence-electron chi connectivity index (χ2n) is 4.64. The molecule has 1 aliphatic carbocycles.